The van der Waals surface area contributed by atoms with Crippen LogP contribution in [0.1, 0.15) is 425 Å². The Morgan fingerprint density at radius 3 is 1.03 bits per heavy atom. The Hall–Kier alpha value is -1.60. The Labute approximate surface area is 563 Å². The number of hydrogen-bond acceptors (Lipinski definition) is 10. The fraction of sp³-hybridized carbons (Fsp3) is 0.950. The Morgan fingerprint density at radius 1 is 0.418 bits per heavy atom. The number of rotatable bonds is 72. The number of aliphatic hydroxyl groups excluding tert-OH is 5. The minimum absolute atomic E-state index is 0.132. The van der Waals surface area contributed by atoms with Gasteiger partial charge in [-0.25, -0.2) is 0 Å². The van der Waals surface area contributed by atoms with Crippen molar-refractivity contribution in [2.24, 2.45) is 0 Å². The molecular formula is C80H155NO10. The summed E-state index contributed by atoms with van der Waals surface area (Å²) in [6.45, 7) is 5.88. The van der Waals surface area contributed by atoms with Crippen molar-refractivity contribution in [3.05, 3.63) is 12.2 Å². The molecule has 0 radical (unpaired) electrons. The van der Waals surface area contributed by atoms with Crippen LogP contribution in [0.2, 0.25) is 0 Å². The molecule has 0 spiro atoms. The summed E-state index contributed by atoms with van der Waals surface area (Å²) in [5.74, 6) is -1.17. The van der Waals surface area contributed by atoms with Crippen LogP contribution in [-0.4, -0.2) is 99.6 Å². The molecule has 91 heavy (non-hydrogen) atoms. The van der Waals surface area contributed by atoms with Gasteiger partial charge in [0.25, 0.3) is 0 Å². The molecule has 0 bridgehead atoms. The lowest BCUT2D eigenvalue weighted by Crippen LogP contribution is -2.61. The molecule has 0 saturated carbocycles. The normalized spacial score (nSPS) is 17.9. The highest BCUT2D eigenvalue weighted by atomic mass is 16.7. The average Bonchev–Trinajstić information content (AvgIpc) is 0.951. The largest absolute Gasteiger partial charge is 0.454 e. The molecule has 0 aromatic heterocycles. The smallest absolute Gasteiger partial charge is 0.306 e. The number of carbonyl (C=O) groups is 2. The molecule has 1 amide bonds. The molecule has 0 aromatic rings. The van der Waals surface area contributed by atoms with E-state index < -0.39 is 67.4 Å². The molecule has 1 rings (SSSR count). The van der Waals surface area contributed by atoms with Gasteiger partial charge in [-0.2, -0.15) is 0 Å². The molecule has 1 aliphatic rings. The Balaban J connectivity index is 2.44. The quantitative estimate of drug-likeness (QED) is 0.0195. The molecule has 0 aliphatic carbocycles. The van der Waals surface area contributed by atoms with E-state index in [1.54, 1.807) is 6.08 Å². The molecule has 1 fully saturated rings. The second kappa shape index (κ2) is 68.3. The molecule has 1 heterocycles. The lowest BCUT2D eigenvalue weighted by atomic mass is 9.99. The van der Waals surface area contributed by atoms with E-state index in [-0.39, 0.29) is 13.0 Å². The molecular weight excluding hydrogens is 1130 g/mol. The van der Waals surface area contributed by atoms with Crippen molar-refractivity contribution in [3.8, 4) is 0 Å². The Kier molecular flexibility index (Phi) is 65.6. The number of unbranched alkanes of at least 4 members (excludes halogenated alkanes) is 58. The number of nitrogens with one attached hydrogen (secondary N) is 1. The summed E-state index contributed by atoms with van der Waals surface area (Å²) in [6.07, 6.45) is 72.9. The summed E-state index contributed by atoms with van der Waals surface area (Å²) in [6, 6.07) is -1.02. The molecule has 11 nitrogen and oxygen atoms in total. The maximum atomic E-state index is 13.5. The van der Waals surface area contributed by atoms with Crippen LogP contribution in [0.4, 0.5) is 0 Å². The Morgan fingerprint density at radius 2 is 0.714 bits per heavy atom. The molecule has 11 heteroatoms. The summed E-state index contributed by atoms with van der Waals surface area (Å²) in [5.41, 5.74) is 0. The van der Waals surface area contributed by atoms with Crippen LogP contribution in [0, 0.1) is 0 Å². The average molecular weight is 1290 g/mol. The second-order valence-corrected chi connectivity index (χ2v) is 28.5. The van der Waals surface area contributed by atoms with E-state index in [0.717, 1.165) is 57.8 Å². The van der Waals surface area contributed by atoms with E-state index in [1.807, 2.05) is 6.08 Å². The van der Waals surface area contributed by atoms with E-state index >= 15 is 0 Å². The number of esters is 1. The lowest BCUT2D eigenvalue weighted by Gasteiger charge is -2.41. The van der Waals surface area contributed by atoms with Crippen molar-refractivity contribution in [1.82, 2.24) is 5.32 Å². The zero-order chi connectivity index (χ0) is 66.0. The van der Waals surface area contributed by atoms with Crippen LogP contribution in [0.5, 0.6) is 0 Å². The number of amides is 1. The van der Waals surface area contributed by atoms with Gasteiger partial charge in [-0.1, -0.05) is 405 Å². The van der Waals surface area contributed by atoms with Crippen LogP contribution in [0.3, 0.4) is 0 Å². The highest BCUT2D eigenvalue weighted by Crippen LogP contribution is 2.27. The van der Waals surface area contributed by atoms with Gasteiger partial charge in [-0.3, -0.25) is 9.59 Å². The van der Waals surface area contributed by atoms with Crippen LogP contribution < -0.4 is 5.32 Å². The summed E-state index contributed by atoms with van der Waals surface area (Å²) in [4.78, 5) is 26.8. The first-order chi connectivity index (χ1) is 44.7. The fourth-order valence-electron chi connectivity index (χ4n) is 13.4. The molecule has 6 N–H and O–H groups in total. The van der Waals surface area contributed by atoms with Gasteiger partial charge < -0.3 is 45.1 Å². The first-order valence-electron chi connectivity index (χ1n) is 40.5. The van der Waals surface area contributed by atoms with Crippen LogP contribution in [-0.2, 0) is 23.8 Å². The van der Waals surface area contributed by atoms with E-state index in [4.69, 9.17) is 14.2 Å². The lowest BCUT2D eigenvalue weighted by molar-refractivity contribution is -0.305. The summed E-state index contributed by atoms with van der Waals surface area (Å²) < 4.78 is 17.8. The maximum Gasteiger partial charge on any atom is 0.306 e. The highest BCUT2D eigenvalue weighted by Gasteiger charge is 2.47. The third-order valence-corrected chi connectivity index (χ3v) is 19.7. The molecule has 8 unspecified atom stereocenters. The van der Waals surface area contributed by atoms with Gasteiger partial charge in [0, 0.05) is 6.42 Å². The van der Waals surface area contributed by atoms with Crippen molar-refractivity contribution in [2.75, 3.05) is 13.2 Å². The third kappa shape index (κ3) is 55.1. The molecule has 8 atom stereocenters. The van der Waals surface area contributed by atoms with E-state index in [2.05, 4.69) is 26.1 Å². The molecule has 1 aliphatic heterocycles. The zero-order valence-electron chi connectivity index (χ0n) is 60.5. The number of allylic oxidation sites excluding steroid dienone is 1. The first kappa shape index (κ1) is 87.4. The number of aliphatic hydroxyl groups is 5. The van der Waals surface area contributed by atoms with Gasteiger partial charge in [0.15, 0.2) is 12.4 Å². The fourth-order valence-corrected chi connectivity index (χ4v) is 13.4. The van der Waals surface area contributed by atoms with Crippen LogP contribution in [0.15, 0.2) is 12.2 Å². The number of hydrogen-bond donors (Lipinski definition) is 6. The van der Waals surface area contributed by atoms with Crippen LogP contribution >= 0.6 is 0 Å². The standard InChI is InChI=1S/C80H155NO10/c1-4-7-10-13-16-19-22-24-26-28-30-32-34-36-38-39-41-43-45-47-49-52-55-58-61-64-67-73(84)79(88)81-71(72(83)66-63-60-57-54-51-21-18-15-12-9-6-3)70-89-80-78(77(87)76(86)74(69-82)90-80)91-75(85)68-65-62-59-56-53-50-48-46-44-42-40-37-35-33-31-29-27-25-23-20-17-14-11-8-5-2/h63,66,71-74,76-78,80,82-84,86-87H,4-62,64-65,67-70H2,1-3H3,(H,81,88)/b66-63+. The van der Waals surface area contributed by atoms with Crippen LogP contribution in [0.25, 0.3) is 0 Å². The summed E-state index contributed by atoms with van der Waals surface area (Å²) in [5, 5.41) is 57.4. The van der Waals surface area contributed by atoms with Gasteiger partial charge >= 0.3 is 5.97 Å². The second-order valence-electron chi connectivity index (χ2n) is 28.5. The van der Waals surface area contributed by atoms with Gasteiger partial charge in [-0.15, -0.1) is 0 Å². The van der Waals surface area contributed by atoms with Crippen molar-refractivity contribution in [3.63, 3.8) is 0 Å². The zero-order valence-corrected chi connectivity index (χ0v) is 60.5. The highest BCUT2D eigenvalue weighted by molar-refractivity contribution is 5.80. The molecule has 540 valence electrons. The van der Waals surface area contributed by atoms with Crippen molar-refractivity contribution >= 4 is 11.9 Å². The van der Waals surface area contributed by atoms with E-state index in [1.165, 1.54) is 321 Å². The third-order valence-electron chi connectivity index (χ3n) is 19.7. The molecule has 1 saturated heterocycles. The van der Waals surface area contributed by atoms with Gasteiger partial charge in [0.05, 0.1) is 25.4 Å². The minimum atomic E-state index is -1.61. The van der Waals surface area contributed by atoms with Gasteiger partial charge in [-0.05, 0) is 25.7 Å². The van der Waals surface area contributed by atoms with Crippen molar-refractivity contribution < 1.29 is 49.3 Å². The maximum absolute atomic E-state index is 13.5. The summed E-state index contributed by atoms with van der Waals surface area (Å²) in [7, 11) is 0. The summed E-state index contributed by atoms with van der Waals surface area (Å²) >= 11 is 0. The predicted octanol–water partition coefficient (Wildman–Crippen LogP) is 21.8. The van der Waals surface area contributed by atoms with Crippen molar-refractivity contribution in [1.29, 1.82) is 0 Å². The van der Waals surface area contributed by atoms with Gasteiger partial charge in [0.1, 0.15) is 24.4 Å². The number of ether oxygens (including phenoxy) is 3. The predicted molar refractivity (Wildman–Crippen MR) is 385 cm³/mol. The van der Waals surface area contributed by atoms with E-state index in [9.17, 15) is 35.1 Å². The van der Waals surface area contributed by atoms with Crippen molar-refractivity contribution in [2.45, 2.75) is 474 Å². The SMILES string of the molecule is CCCCCCCCCCC/C=C/C(O)C(COC1OC(CO)C(O)C(O)C1OC(=O)CCCCCCCCCCCCCCCCCCCCCCCCCCC)NC(=O)C(O)CCCCCCCCCCCCCCCCCCCCCCCCCCCC. The topological polar surface area (TPSA) is 175 Å². The first-order valence-corrected chi connectivity index (χ1v) is 40.5. The molecule has 0 aromatic carbocycles. The number of carbonyl (C=O) groups excluding carboxylic acids is 2. The van der Waals surface area contributed by atoms with E-state index in [0.29, 0.717) is 19.3 Å². The van der Waals surface area contributed by atoms with Gasteiger partial charge in [0.2, 0.25) is 5.91 Å². The monoisotopic (exact) mass is 1290 g/mol. The minimum Gasteiger partial charge on any atom is -0.454 e. The Bertz CT molecular complexity index is 1530.